The van der Waals surface area contributed by atoms with Crippen LogP contribution in [0.5, 0.6) is 5.75 Å². The molecule has 1 aromatic heterocycles. The van der Waals surface area contributed by atoms with Gasteiger partial charge >= 0.3 is 0 Å². The number of fused-ring (bicyclic) bond motifs is 1. The molecular formula is C22H17Br2NO3S2. The first-order valence-electron chi connectivity index (χ1n) is 8.99. The van der Waals surface area contributed by atoms with E-state index in [1.54, 1.807) is 37.4 Å². The van der Waals surface area contributed by atoms with Gasteiger partial charge in [0.15, 0.2) is 0 Å². The van der Waals surface area contributed by atoms with E-state index in [0.29, 0.717) is 10.8 Å². The van der Waals surface area contributed by atoms with Gasteiger partial charge in [-0.2, -0.15) is 0 Å². The number of ether oxygens (including phenoxy) is 1. The zero-order valence-corrected chi connectivity index (χ0v) is 20.7. The highest BCUT2D eigenvalue weighted by molar-refractivity contribution is 9.11. The molecular weight excluding hydrogens is 550 g/mol. The van der Waals surface area contributed by atoms with E-state index < -0.39 is 10.0 Å². The Hall–Kier alpha value is -1.87. The molecule has 4 rings (SSSR count). The lowest BCUT2D eigenvalue weighted by Crippen LogP contribution is -2.30. The summed E-state index contributed by atoms with van der Waals surface area (Å²) < 4.78 is 37.0. The fraction of sp³-hybridized carbons (Fsp3) is 0.0909. The smallest absolute Gasteiger partial charge is 0.265 e. The maximum atomic E-state index is 13.7. The highest BCUT2D eigenvalue weighted by Crippen LogP contribution is 2.44. The second kappa shape index (κ2) is 8.70. The number of hydrogen-bond donors (Lipinski definition) is 0. The second-order valence-electron chi connectivity index (χ2n) is 6.50. The van der Waals surface area contributed by atoms with Crippen molar-refractivity contribution in [3.8, 4) is 5.75 Å². The summed E-state index contributed by atoms with van der Waals surface area (Å²) in [5.74, 6) is 0.628. The van der Waals surface area contributed by atoms with Crippen molar-refractivity contribution in [2.45, 2.75) is 11.4 Å². The number of rotatable bonds is 6. The SMILES string of the molecule is COc1ccc(Br)cc1CN(c1sc2ccccc2c1Br)S(=O)(=O)c1ccccc1. The first-order valence-corrected chi connectivity index (χ1v) is 12.8. The number of methoxy groups -OCH3 is 1. The Morgan fingerprint density at radius 2 is 1.67 bits per heavy atom. The summed E-state index contributed by atoms with van der Waals surface area (Å²) in [6.07, 6.45) is 0. The maximum Gasteiger partial charge on any atom is 0.265 e. The Kier molecular flexibility index (Phi) is 6.20. The van der Waals surface area contributed by atoms with Gasteiger partial charge in [0.05, 0.1) is 23.0 Å². The van der Waals surface area contributed by atoms with E-state index in [0.717, 1.165) is 24.6 Å². The molecule has 30 heavy (non-hydrogen) atoms. The Morgan fingerprint density at radius 3 is 2.37 bits per heavy atom. The van der Waals surface area contributed by atoms with Crippen LogP contribution in [0.1, 0.15) is 5.56 Å². The first kappa shape index (κ1) is 21.4. The monoisotopic (exact) mass is 565 g/mol. The number of sulfonamides is 1. The van der Waals surface area contributed by atoms with Gasteiger partial charge in [-0.05, 0) is 52.3 Å². The van der Waals surface area contributed by atoms with Crippen molar-refractivity contribution in [1.82, 2.24) is 0 Å². The topological polar surface area (TPSA) is 46.6 Å². The van der Waals surface area contributed by atoms with Crippen molar-refractivity contribution in [2.75, 3.05) is 11.4 Å². The van der Waals surface area contributed by atoms with Gasteiger partial charge in [0.25, 0.3) is 10.0 Å². The van der Waals surface area contributed by atoms with Crippen LogP contribution in [0, 0.1) is 0 Å². The summed E-state index contributed by atoms with van der Waals surface area (Å²) in [6.45, 7) is 0.130. The van der Waals surface area contributed by atoms with Crippen molar-refractivity contribution < 1.29 is 13.2 Å². The minimum absolute atomic E-state index is 0.130. The summed E-state index contributed by atoms with van der Waals surface area (Å²) in [6, 6.07) is 21.9. The zero-order valence-electron chi connectivity index (χ0n) is 15.9. The van der Waals surface area contributed by atoms with Crippen LogP contribution in [0.15, 0.2) is 86.6 Å². The number of benzene rings is 3. The third kappa shape index (κ3) is 4.01. The molecule has 0 atom stereocenters. The molecule has 0 saturated heterocycles. The van der Waals surface area contributed by atoms with E-state index in [1.165, 1.54) is 15.6 Å². The lowest BCUT2D eigenvalue weighted by atomic mass is 10.2. The molecule has 0 aliphatic heterocycles. The third-order valence-corrected chi connectivity index (χ3v) is 9.26. The van der Waals surface area contributed by atoms with Crippen molar-refractivity contribution in [3.05, 3.63) is 87.3 Å². The van der Waals surface area contributed by atoms with Crippen LogP contribution in [0.25, 0.3) is 10.1 Å². The molecule has 0 fully saturated rings. The summed E-state index contributed by atoms with van der Waals surface area (Å²) in [7, 11) is -2.24. The summed E-state index contributed by atoms with van der Waals surface area (Å²) in [5.41, 5.74) is 0.760. The highest BCUT2D eigenvalue weighted by atomic mass is 79.9. The van der Waals surface area contributed by atoms with Gasteiger partial charge in [0.2, 0.25) is 0 Å². The van der Waals surface area contributed by atoms with Crippen molar-refractivity contribution in [2.24, 2.45) is 0 Å². The van der Waals surface area contributed by atoms with Crippen LogP contribution in [0.2, 0.25) is 0 Å². The van der Waals surface area contributed by atoms with Gasteiger partial charge in [0, 0.05) is 20.1 Å². The van der Waals surface area contributed by atoms with Gasteiger partial charge in [-0.3, -0.25) is 4.31 Å². The zero-order chi connectivity index (χ0) is 21.3. The second-order valence-corrected chi connectivity index (χ2v) is 11.1. The molecule has 0 bridgehead atoms. The number of nitrogens with zero attached hydrogens (tertiary/aromatic N) is 1. The first-order chi connectivity index (χ1) is 14.4. The van der Waals surface area contributed by atoms with Crippen molar-refractivity contribution in [1.29, 1.82) is 0 Å². The molecule has 1 heterocycles. The molecule has 4 aromatic rings. The largest absolute Gasteiger partial charge is 0.496 e. The summed E-state index contributed by atoms with van der Waals surface area (Å²) in [5, 5.41) is 1.61. The van der Waals surface area contributed by atoms with E-state index in [1.807, 2.05) is 42.5 Å². The molecule has 4 nitrogen and oxygen atoms in total. The third-order valence-electron chi connectivity index (χ3n) is 4.63. The summed E-state index contributed by atoms with van der Waals surface area (Å²) >= 11 is 8.56. The van der Waals surface area contributed by atoms with E-state index in [-0.39, 0.29) is 11.4 Å². The average molecular weight is 567 g/mol. The predicted molar refractivity (Wildman–Crippen MR) is 130 cm³/mol. The van der Waals surface area contributed by atoms with Crippen LogP contribution >= 0.6 is 43.2 Å². The average Bonchev–Trinajstić information content (AvgIpc) is 3.09. The minimum atomic E-state index is -3.82. The standard InChI is InChI=1S/C22H17Br2NO3S2/c1-28-19-12-11-16(23)13-15(19)14-25(30(26,27)17-7-3-2-4-8-17)22-21(24)18-9-5-6-10-20(18)29-22/h2-13H,14H2,1H3. The van der Waals surface area contributed by atoms with Crippen LogP contribution in [0.3, 0.4) is 0 Å². The van der Waals surface area contributed by atoms with Gasteiger partial charge in [-0.1, -0.05) is 52.3 Å². The normalized spacial score (nSPS) is 11.6. The quantitative estimate of drug-likeness (QED) is 0.257. The molecule has 0 saturated carbocycles. The van der Waals surface area contributed by atoms with Gasteiger partial charge in [-0.25, -0.2) is 8.42 Å². The van der Waals surface area contributed by atoms with E-state index in [9.17, 15) is 8.42 Å². The lowest BCUT2D eigenvalue weighted by molar-refractivity contribution is 0.409. The highest BCUT2D eigenvalue weighted by Gasteiger charge is 2.30. The van der Waals surface area contributed by atoms with Crippen LogP contribution in [0.4, 0.5) is 5.00 Å². The van der Waals surface area contributed by atoms with Gasteiger partial charge in [-0.15, -0.1) is 11.3 Å². The molecule has 0 radical (unpaired) electrons. The van der Waals surface area contributed by atoms with E-state index >= 15 is 0 Å². The van der Waals surface area contributed by atoms with Crippen LogP contribution < -0.4 is 9.04 Å². The number of hydrogen-bond acceptors (Lipinski definition) is 4. The molecule has 3 aromatic carbocycles. The molecule has 0 unspecified atom stereocenters. The van der Waals surface area contributed by atoms with E-state index in [2.05, 4.69) is 31.9 Å². The lowest BCUT2D eigenvalue weighted by Gasteiger charge is -2.24. The molecule has 154 valence electrons. The van der Waals surface area contributed by atoms with E-state index in [4.69, 9.17) is 4.74 Å². The molecule has 0 spiro atoms. The summed E-state index contributed by atoms with van der Waals surface area (Å²) in [4.78, 5) is 0.239. The fourth-order valence-electron chi connectivity index (χ4n) is 3.17. The Bertz CT molecular complexity index is 1300. The molecule has 0 aliphatic rings. The molecule has 0 aliphatic carbocycles. The predicted octanol–water partition coefficient (Wildman–Crippen LogP) is 6.83. The minimum Gasteiger partial charge on any atom is -0.496 e. The maximum absolute atomic E-state index is 13.7. The molecule has 0 amide bonds. The Balaban J connectivity index is 1.92. The van der Waals surface area contributed by atoms with Gasteiger partial charge in [0.1, 0.15) is 10.8 Å². The Morgan fingerprint density at radius 1 is 0.967 bits per heavy atom. The van der Waals surface area contributed by atoms with Crippen molar-refractivity contribution in [3.63, 3.8) is 0 Å². The Labute approximate surface area is 196 Å². The van der Waals surface area contributed by atoms with Gasteiger partial charge < -0.3 is 4.74 Å². The van der Waals surface area contributed by atoms with Crippen LogP contribution in [-0.2, 0) is 16.6 Å². The fourth-order valence-corrected chi connectivity index (χ4v) is 7.41. The van der Waals surface area contributed by atoms with Crippen molar-refractivity contribution >= 4 is 68.3 Å². The molecule has 8 heteroatoms. The number of halogens is 2. The van der Waals surface area contributed by atoms with Crippen LogP contribution in [-0.4, -0.2) is 15.5 Å². The number of thiophene rings is 1. The number of anilines is 1. The molecule has 0 N–H and O–H groups in total.